The Morgan fingerprint density at radius 2 is 2.39 bits per heavy atom. The van der Waals surface area contributed by atoms with Gasteiger partial charge in [-0.15, -0.1) is 0 Å². The van der Waals surface area contributed by atoms with Crippen LogP contribution in [0.2, 0.25) is 0 Å². The van der Waals surface area contributed by atoms with Crippen molar-refractivity contribution in [2.45, 2.75) is 6.42 Å². The van der Waals surface area contributed by atoms with Crippen LogP contribution in [-0.4, -0.2) is 37.9 Å². The number of carboxylic acid groups (broad SMARTS) is 1. The summed E-state index contributed by atoms with van der Waals surface area (Å²) in [7, 11) is 1.70. The minimum absolute atomic E-state index is 0.358. The molecule has 2 rings (SSSR count). The van der Waals surface area contributed by atoms with Crippen LogP contribution in [0.4, 0.5) is 5.69 Å². The number of benzene rings is 1. The predicted octanol–water partition coefficient (Wildman–Crippen LogP) is 2.62. The number of aromatic carboxylic acids is 1. The normalized spacial score (nSPS) is 19.2. The van der Waals surface area contributed by atoms with Gasteiger partial charge in [0.1, 0.15) is 0 Å². The highest BCUT2D eigenvalue weighted by molar-refractivity contribution is 9.10. The van der Waals surface area contributed by atoms with E-state index < -0.39 is 5.97 Å². The number of rotatable bonds is 4. The van der Waals surface area contributed by atoms with Gasteiger partial charge in [0.2, 0.25) is 0 Å². The maximum absolute atomic E-state index is 11.2. The fraction of sp³-hybridized carbons (Fsp3) is 0.462. The minimum Gasteiger partial charge on any atom is -0.478 e. The number of nitrogens with zero attached hydrogens (tertiary/aromatic N) is 1. The van der Waals surface area contributed by atoms with Crippen molar-refractivity contribution < 1.29 is 14.6 Å². The number of halogens is 1. The molecule has 1 fully saturated rings. The average Bonchev–Trinajstić information content (AvgIpc) is 2.77. The van der Waals surface area contributed by atoms with Crippen molar-refractivity contribution >= 4 is 27.6 Å². The SMILES string of the molecule is COCC1CCN(c2cc(Br)ccc2C(=O)O)C1. The topological polar surface area (TPSA) is 49.8 Å². The first-order chi connectivity index (χ1) is 8.61. The Balaban J connectivity index is 2.23. The second-order valence-corrected chi connectivity index (χ2v) is 5.44. The van der Waals surface area contributed by atoms with E-state index in [0.717, 1.165) is 36.3 Å². The quantitative estimate of drug-likeness (QED) is 0.928. The maximum Gasteiger partial charge on any atom is 0.337 e. The molecule has 1 saturated heterocycles. The molecule has 0 radical (unpaired) electrons. The van der Waals surface area contributed by atoms with Gasteiger partial charge in [-0.05, 0) is 24.6 Å². The van der Waals surface area contributed by atoms with Crippen LogP contribution in [0.15, 0.2) is 22.7 Å². The van der Waals surface area contributed by atoms with Crippen LogP contribution in [0.25, 0.3) is 0 Å². The summed E-state index contributed by atoms with van der Waals surface area (Å²) in [5, 5.41) is 9.22. The summed E-state index contributed by atoms with van der Waals surface area (Å²) < 4.78 is 6.06. The Kier molecular flexibility index (Phi) is 4.24. The number of hydrogen-bond acceptors (Lipinski definition) is 3. The van der Waals surface area contributed by atoms with Gasteiger partial charge in [0.25, 0.3) is 0 Å². The van der Waals surface area contributed by atoms with Crippen molar-refractivity contribution in [1.29, 1.82) is 0 Å². The molecule has 0 aromatic heterocycles. The zero-order valence-electron chi connectivity index (χ0n) is 10.2. The van der Waals surface area contributed by atoms with E-state index in [1.807, 2.05) is 6.07 Å². The van der Waals surface area contributed by atoms with Crippen molar-refractivity contribution in [3.05, 3.63) is 28.2 Å². The molecule has 18 heavy (non-hydrogen) atoms. The monoisotopic (exact) mass is 313 g/mol. The third-order valence-corrected chi connectivity index (χ3v) is 3.71. The third kappa shape index (κ3) is 2.84. The smallest absolute Gasteiger partial charge is 0.337 e. The number of ether oxygens (including phenoxy) is 1. The number of hydrogen-bond donors (Lipinski definition) is 1. The van der Waals surface area contributed by atoms with Gasteiger partial charge in [-0.1, -0.05) is 15.9 Å². The van der Waals surface area contributed by atoms with Crippen molar-refractivity contribution in [3.8, 4) is 0 Å². The van der Waals surface area contributed by atoms with Gasteiger partial charge in [-0.25, -0.2) is 4.79 Å². The standard InChI is InChI=1S/C13H16BrNO3/c1-18-8-9-4-5-15(7-9)12-6-10(14)2-3-11(12)13(16)17/h2-3,6,9H,4-5,7-8H2,1H3,(H,16,17). The maximum atomic E-state index is 11.2. The molecule has 4 nitrogen and oxygen atoms in total. The van der Waals surface area contributed by atoms with Gasteiger partial charge in [-0.2, -0.15) is 0 Å². The van der Waals surface area contributed by atoms with Crippen LogP contribution in [0.5, 0.6) is 0 Å². The summed E-state index contributed by atoms with van der Waals surface area (Å²) >= 11 is 3.39. The molecular weight excluding hydrogens is 298 g/mol. The number of methoxy groups -OCH3 is 1. The van der Waals surface area contributed by atoms with Gasteiger partial charge in [0, 0.05) is 30.6 Å². The van der Waals surface area contributed by atoms with Gasteiger partial charge < -0.3 is 14.7 Å². The molecule has 5 heteroatoms. The van der Waals surface area contributed by atoms with Crippen molar-refractivity contribution in [3.63, 3.8) is 0 Å². The third-order valence-electron chi connectivity index (χ3n) is 3.22. The summed E-state index contributed by atoms with van der Waals surface area (Å²) in [6.07, 6.45) is 1.04. The number of anilines is 1. The first-order valence-electron chi connectivity index (χ1n) is 5.88. The van der Waals surface area contributed by atoms with E-state index in [1.165, 1.54) is 0 Å². The van der Waals surface area contributed by atoms with Crippen LogP contribution in [0.3, 0.4) is 0 Å². The highest BCUT2D eigenvalue weighted by Gasteiger charge is 2.25. The average molecular weight is 314 g/mol. The lowest BCUT2D eigenvalue weighted by Gasteiger charge is -2.21. The fourth-order valence-electron chi connectivity index (χ4n) is 2.37. The molecular formula is C13H16BrNO3. The number of carboxylic acids is 1. The molecule has 0 saturated carbocycles. The molecule has 1 aliphatic heterocycles. The van der Waals surface area contributed by atoms with Crippen LogP contribution in [-0.2, 0) is 4.74 Å². The van der Waals surface area contributed by atoms with Crippen molar-refractivity contribution in [2.75, 3.05) is 31.7 Å². The highest BCUT2D eigenvalue weighted by atomic mass is 79.9. The molecule has 1 N–H and O–H groups in total. The largest absolute Gasteiger partial charge is 0.478 e. The zero-order valence-corrected chi connectivity index (χ0v) is 11.8. The minimum atomic E-state index is -0.882. The summed E-state index contributed by atoms with van der Waals surface area (Å²) in [6, 6.07) is 5.28. The van der Waals surface area contributed by atoms with Gasteiger partial charge in [0.05, 0.1) is 17.9 Å². The molecule has 0 spiro atoms. The Hall–Kier alpha value is -1.07. The summed E-state index contributed by atoms with van der Waals surface area (Å²) in [5.41, 5.74) is 1.15. The van der Waals surface area contributed by atoms with E-state index >= 15 is 0 Å². The lowest BCUT2D eigenvalue weighted by atomic mass is 10.1. The van der Waals surface area contributed by atoms with Gasteiger partial charge in [0.15, 0.2) is 0 Å². The molecule has 1 unspecified atom stereocenters. The summed E-state index contributed by atoms with van der Waals surface area (Å²) in [5.74, 6) is -0.400. The first kappa shape index (κ1) is 13.4. The van der Waals surface area contributed by atoms with E-state index in [0.29, 0.717) is 11.5 Å². The Morgan fingerprint density at radius 3 is 3.06 bits per heavy atom. The molecule has 98 valence electrons. The van der Waals surface area contributed by atoms with E-state index in [1.54, 1.807) is 19.2 Å². The molecule has 1 heterocycles. The molecule has 1 aliphatic rings. The zero-order chi connectivity index (χ0) is 13.1. The lowest BCUT2D eigenvalue weighted by Crippen LogP contribution is -2.23. The van der Waals surface area contributed by atoms with E-state index in [9.17, 15) is 9.90 Å². The molecule has 1 aromatic rings. The Morgan fingerprint density at radius 1 is 1.61 bits per heavy atom. The van der Waals surface area contributed by atoms with Crippen molar-refractivity contribution in [2.24, 2.45) is 5.92 Å². The molecule has 0 bridgehead atoms. The van der Waals surface area contributed by atoms with E-state index in [2.05, 4.69) is 20.8 Å². The van der Waals surface area contributed by atoms with E-state index in [-0.39, 0.29) is 0 Å². The Bertz CT molecular complexity index is 450. The fourth-order valence-corrected chi connectivity index (χ4v) is 2.72. The Labute approximate surface area is 115 Å². The van der Waals surface area contributed by atoms with Crippen LogP contribution < -0.4 is 4.90 Å². The second-order valence-electron chi connectivity index (χ2n) is 4.52. The highest BCUT2D eigenvalue weighted by Crippen LogP contribution is 2.30. The predicted molar refractivity (Wildman–Crippen MR) is 73.3 cm³/mol. The van der Waals surface area contributed by atoms with Crippen LogP contribution in [0.1, 0.15) is 16.8 Å². The summed E-state index contributed by atoms with van der Waals surface area (Å²) in [4.78, 5) is 13.4. The number of carbonyl (C=O) groups is 1. The van der Waals surface area contributed by atoms with Gasteiger partial charge in [-0.3, -0.25) is 0 Å². The lowest BCUT2D eigenvalue weighted by molar-refractivity contribution is 0.0697. The van der Waals surface area contributed by atoms with E-state index in [4.69, 9.17) is 4.74 Å². The second kappa shape index (κ2) is 5.71. The molecule has 0 aliphatic carbocycles. The molecule has 0 amide bonds. The molecule has 1 aromatic carbocycles. The van der Waals surface area contributed by atoms with Crippen LogP contribution >= 0.6 is 15.9 Å². The molecule has 1 atom stereocenters. The van der Waals surface area contributed by atoms with Crippen LogP contribution in [0, 0.1) is 5.92 Å². The first-order valence-corrected chi connectivity index (χ1v) is 6.68. The van der Waals surface area contributed by atoms with Gasteiger partial charge >= 0.3 is 5.97 Å². The van der Waals surface area contributed by atoms with Crippen molar-refractivity contribution in [1.82, 2.24) is 0 Å². The summed E-state index contributed by atoms with van der Waals surface area (Å²) in [6.45, 7) is 2.46.